The minimum absolute atomic E-state index is 0.924. The molecule has 0 fully saturated rings. The molecule has 148 valence electrons. The first-order chi connectivity index (χ1) is 14.9. The van der Waals surface area contributed by atoms with Gasteiger partial charge in [0.15, 0.2) is 0 Å². The molecule has 30 heavy (non-hydrogen) atoms. The number of hydrogen-bond donors (Lipinski definition) is 0. The lowest BCUT2D eigenvalue weighted by molar-refractivity contribution is 1.25. The molecule has 0 amide bonds. The minimum atomic E-state index is -1.82. The lowest BCUT2D eigenvalue weighted by Crippen LogP contribution is -2.48. The summed E-state index contributed by atoms with van der Waals surface area (Å²) in [5.41, 5.74) is 4.83. The quantitative estimate of drug-likeness (QED) is 0.228. The van der Waals surface area contributed by atoms with Gasteiger partial charge in [0.1, 0.15) is 0 Å². The Hall–Kier alpha value is -3.56. The van der Waals surface area contributed by atoms with Gasteiger partial charge in [0, 0.05) is 22.7 Å². The fourth-order valence-electron chi connectivity index (χ4n) is 3.82. The predicted octanol–water partition coefficient (Wildman–Crippen LogP) is 7.07. The molecule has 0 atom stereocenters. The molecule has 0 aliphatic carbocycles. The molecule has 4 aromatic carbocycles. The van der Waals surface area contributed by atoms with E-state index in [4.69, 9.17) is 0 Å². The van der Waals surface area contributed by atoms with E-state index in [-0.39, 0.29) is 0 Å². The smallest absolute Gasteiger partial charge is 0.260 e. The molecule has 0 aliphatic rings. The van der Waals surface area contributed by atoms with E-state index in [1.807, 2.05) is 0 Å². The summed E-state index contributed by atoms with van der Waals surface area (Å²) in [6.45, 7) is 4.12. The van der Waals surface area contributed by atoms with Crippen molar-refractivity contribution in [1.29, 1.82) is 0 Å². The Bertz CT molecular complexity index is 875. The Balaban J connectivity index is 1.91. The first kappa shape index (κ1) is 19.7. The summed E-state index contributed by atoms with van der Waals surface area (Å²) in [7, 11) is -1.82. The molecule has 0 radical (unpaired) electrons. The molecule has 0 heterocycles. The van der Waals surface area contributed by atoms with E-state index >= 15 is 0 Å². The van der Waals surface area contributed by atoms with Crippen LogP contribution in [0.25, 0.3) is 0 Å². The normalized spacial score (nSPS) is 10.6. The van der Waals surface area contributed by atoms with Gasteiger partial charge < -0.3 is 9.13 Å². The molecule has 0 aromatic heterocycles. The molecule has 0 bridgehead atoms. The van der Waals surface area contributed by atoms with E-state index in [0.29, 0.717) is 0 Å². The van der Waals surface area contributed by atoms with E-state index in [1.54, 1.807) is 0 Å². The maximum absolute atomic E-state index is 4.12. The molecule has 0 unspecified atom stereocenters. The lowest BCUT2D eigenvalue weighted by Gasteiger charge is -2.41. The summed E-state index contributed by atoms with van der Waals surface area (Å²) < 4.78 is 5.06. The molecule has 0 saturated heterocycles. The molecule has 0 aliphatic heterocycles. The standard InChI is InChI=1S/C27H26N2Si/c1-2-23-30(28(24-15-7-3-8-16-24)25-17-9-4-10-18-25)29(26-19-11-5-12-20-26)27-21-13-6-14-22-27/h2-22,30H,1,23H2. The average molecular weight is 407 g/mol. The first-order valence-electron chi connectivity index (χ1n) is 10.3. The molecule has 0 saturated carbocycles. The van der Waals surface area contributed by atoms with E-state index in [2.05, 4.69) is 143 Å². The number of anilines is 4. The van der Waals surface area contributed by atoms with Crippen LogP contribution in [0.15, 0.2) is 134 Å². The van der Waals surface area contributed by atoms with Crippen LogP contribution in [0.5, 0.6) is 0 Å². The summed E-state index contributed by atoms with van der Waals surface area (Å²) >= 11 is 0. The van der Waals surface area contributed by atoms with Crippen molar-refractivity contribution in [3.05, 3.63) is 134 Å². The highest BCUT2D eigenvalue weighted by molar-refractivity contribution is 6.70. The van der Waals surface area contributed by atoms with Crippen molar-refractivity contribution < 1.29 is 0 Å². The van der Waals surface area contributed by atoms with Gasteiger partial charge in [-0.25, -0.2) is 0 Å². The first-order valence-corrected chi connectivity index (χ1v) is 12.1. The van der Waals surface area contributed by atoms with Gasteiger partial charge in [-0.15, -0.1) is 6.58 Å². The zero-order chi connectivity index (χ0) is 20.6. The molecule has 4 aromatic rings. The fourth-order valence-corrected chi connectivity index (χ4v) is 6.83. The predicted molar refractivity (Wildman–Crippen MR) is 132 cm³/mol. The second kappa shape index (κ2) is 9.77. The van der Waals surface area contributed by atoms with Crippen molar-refractivity contribution in [3.63, 3.8) is 0 Å². The van der Waals surface area contributed by atoms with Gasteiger partial charge in [0.2, 0.25) is 0 Å². The third-order valence-electron chi connectivity index (χ3n) is 5.11. The number of hydrogen-bond acceptors (Lipinski definition) is 2. The number of allylic oxidation sites excluding steroid dienone is 1. The number of benzene rings is 4. The number of para-hydroxylation sites is 4. The van der Waals surface area contributed by atoms with E-state index in [0.717, 1.165) is 6.04 Å². The molecule has 4 rings (SSSR count). The topological polar surface area (TPSA) is 6.48 Å². The van der Waals surface area contributed by atoms with Crippen LogP contribution in [-0.2, 0) is 0 Å². The Morgan fingerprint density at radius 2 is 0.767 bits per heavy atom. The second-order valence-electron chi connectivity index (χ2n) is 7.09. The van der Waals surface area contributed by atoms with Gasteiger partial charge in [-0.05, 0) is 54.6 Å². The average Bonchev–Trinajstić information content (AvgIpc) is 2.82. The molecular formula is C27H26N2Si. The lowest BCUT2D eigenvalue weighted by atomic mass is 10.2. The zero-order valence-electron chi connectivity index (χ0n) is 17.0. The Labute approximate surface area is 181 Å². The summed E-state index contributed by atoms with van der Waals surface area (Å²) in [5.74, 6) is 0. The fraction of sp³-hybridized carbons (Fsp3) is 0.0370. The summed E-state index contributed by atoms with van der Waals surface area (Å²) in [4.78, 5) is 0. The second-order valence-corrected chi connectivity index (χ2v) is 9.55. The van der Waals surface area contributed by atoms with Gasteiger partial charge in [0.25, 0.3) is 9.12 Å². The van der Waals surface area contributed by atoms with Gasteiger partial charge in [-0.1, -0.05) is 78.9 Å². The van der Waals surface area contributed by atoms with Crippen molar-refractivity contribution in [2.45, 2.75) is 6.04 Å². The van der Waals surface area contributed by atoms with Crippen molar-refractivity contribution in [3.8, 4) is 0 Å². The Morgan fingerprint density at radius 3 is 1.00 bits per heavy atom. The molecular weight excluding hydrogens is 380 g/mol. The van der Waals surface area contributed by atoms with Crippen LogP contribution in [0.1, 0.15) is 0 Å². The van der Waals surface area contributed by atoms with Crippen LogP contribution < -0.4 is 9.13 Å². The summed E-state index contributed by atoms with van der Waals surface area (Å²) in [5, 5.41) is 0. The van der Waals surface area contributed by atoms with Crippen LogP contribution in [0.3, 0.4) is 0 Å². The number of nitrogens with zero attached hydrogens (tertiary/aromatic N) is 2. The van der Waals surface area contributed by atoms with Crippen LogP contribution in [0.4, 0.5) is 22.7 Å². The van der Waals surface area contributed by atoms with Gasteiger partial charge in [-0.3, -0.25) is 0 Å². The van der Waals surface area contributed by atoms with Crippen LogP contribution >= 0.6 is 0 Å². The van der Waals surface area contributed by atoms with Crippen molar-refractivity contribution in [2.75, 3.05) is 9.13 Å². The van der Waals surface area contributed by atoms with Crippen LogP contribution in [-0.4, -0.2) is 9.12 Å². The third kappa shape index (κ3) is 4.37. The van der Waals surface area contributed by atoms with Gasteiger partial charge >= 0.3 is 0 Å². The van der Waals surface area contributed by atoms with E-state index in [1.165, 1.54) is 22.7 Å². The Kier molecular flexibility index (Phi) is 6.43. The van der Waals surface area contributed by atoms with Crippen molar-refractivity contribution >= 4 is 31.9 Å². The maximum Gasteiger partial charge on any atom is 0.260 e. The monoisotopic (exact) mass is 406 g/mol. The van der Waals surface area contributed by atoms with Gasteiger partial charge in [-0.2, -0.15) is 0 Å². The van der Waals surface area contributed by atoms with Crippen LogP contribution in [0, 0.1) is 0 Å². The summed E-state index contributed by atoms with van der Waals surface area (Å²) in [6.07, 6.45) is 2.06. The zero-order valence-corrected chi connectivity index (χ0v) is 18.2. The number of rotatable bonds is 8. The third-order valence-corrected chi connectivity index (χ3v) is 8.25. The highest BCUT2D eigenvalue weighted by Crippen LogP contribution is 2.35. The minimum Gasteiger partial charge on any atom is -0.352 e. The maximum atomic E-state index is 4.12. The highest BCUT2D eigenvalue weighted by Gasteiger charge is 2.30. The molecule has 2 nitrogen and oxygen atoms in total. The van der Waals surface area contributed by atoms with Crippen molar-refractivity contribution in [2.24, 2.45) is 0 Å². The largest absolute Gasteiger partial charge is 0.352 e. The Morgan fingerprint density at radius 1 is 0.500 bits per heavy atom. The molecule has 0 spiro atoms. The van der Waals surface area contributed by atoms with Gasteiger partial charge in [0.05, 0.1) is 0 Å². The van der Waals surface area contributed by atoms with Crippen LogP contribution in [0.2, 0.25) is 6.04 Å². The van der Waals surface area contributed by atoms with Crippen molar-refractivity contribution in [1.82, 2.24) is 0 Å². The molecule has 0 N–H and O–H groups in total. The SMILES string of the molecule is C=CC[SiH](N(c1ccccc1)c1ccccc1)N(c1ccccc1)c1ccccc1. The van der Waals surface area contributed by atoms with E-state index in [9.17, 15) is 0 Å². The highest BCUT2D eigenvalue weighted by atomic mass is 28.3. The summed E-state index contributed by atoms with van der Waals surface area (Å²) in [6, 6.07) is 43.7. The molecule has 3 heteroatoms. The van der Waals surface area contributed by atoms with E-state index < -0.39 is 9.12 Å².